The van der Waals surface area contributed by atoms with Gasteiger partial charge < -0.3 is 20.2 Å². The van der Waals surface area contributed by atoms with Gasteiger partial charge in [-0.15, -0.1) is 6.58 Å². The Hall–Kier alpha value is -2.05. The highest BCUT2D eigenvalue weighted by atomic mass is 16.3. The molecule has 5 atom stereocenters. The van der Waals surface area contributed by atoms with E-state index in [1.165, 1.54) is 6.07 Å². The summed E-state index contributed by atoms with van der Waals surface area (Å²) in [4.78, 5) is 17.6. The molecule has 3 rings (SSSR count). The highest BCUT2D eigenvalue weighted by molar-refractivity contribution is 5.78. The molecule has 1 aromatic rings. The fourth-order valence-electron chi connectivity index (χ4n) is 6.00. The summed E-state index contributed by atoms with van der Waals surface area (Å²) in [5.41, 5.74) is 0.0308. The van der Waals surface area contributed by atoms with Gasteiger partial charge in [-0.2, -0.15) is 0 Å². The standard InChI is InChI=1S/C28H44N2O4/c1-5-8-15-30(27(33)20(4)7-3)23-11-13-28(34)22(19-23)12-16-29(14-6-2)26(28)18-21-9-10-24(31)25(32)17-21/h6,9-10,17,20,22-23,26,31-32,34H,2,5,7-8,11-16,18-19H2,1,3-4H3. The van der Waals surface area contributed by atoms with E-state index in [2.05, 4.69) is 30.2 Å². The van der Waals surface area contributed by atoms with Crippen LogP contribution in [0.15, 0.2) is 30.9 Å². The molecular formula is C28H44N2O4. The SMILES string of the molecule is C=CCN1CCC2CC(N(CCCC)C(=O)C(C)CC)CCC2(O)C1Cc1ccc(O)c(O)c1. The zero-order chi connectivity index (χ0) is 24.9. The molecule has 1 saturated carbocycles. The first-order valence-corrected chi connectivity index (χ1v) is 13.1. The number of benzene rings is 1. The summed E-state index contributed by atoms with van der Waals surface area (Å²) in [6.07, 6.45) is 8.58. The quantitative estimate of drug-likeness (QED) is 0.346. The van der Waals surface area contributed by atoms with E-state index in [9.17, 15) is 20.1 Å². The highest BCUT2D eigenvalue weighted by Crippen LogP contribution is 2.46. The van der Waals surface area contributed by atoms with Gasteiger partial charge in [0.1, 0.15) is 0 Å². The molecule has 190 valence electrons. The van der Waals surface area contributed by atoms with E-state index in [4.69, 9.17) is 0 Å². The Bertz CT molecular complexity index is 844. The van der Waals surface area contributed by atoms with Crippen molar-refractivity contribution in [1.82, 2.24) is 9.80 Å². The van der Waals surface area contributed by atoms with Crippen LogP contribution in [0.25, 0.3) is 0 Å². The van der Waals surface area contributed by atoms with Crippen LogP contribution < -0.4 is 0 Å². The van der Waals surface area contributed by atoms with Crippen LogP contribution in [-0.2, 0) is 11.2 Å². The predicted octanol–water partition coefficient (Wildman–Crippen LogP) is 4.48. The second-order valence-electron chi connectivity index (χ2n) is 10.4. The molecule has 1 aliphatic heterocycles. The van der Waals surface area contributed by atoms with Crippen LogP contribution in [0.4, 0.5) is 0 Å². The summed E-state index contributed by atoms with van der Waals surface area (Å²) in [6, 6.07) is 5.00. The Balaban J connectivity index is 1.83. The van der Waals surface area contributed by atoms with Crippen molar-refractivity contribution in [2.75, 3.05) is 19.6 Å². The van der Waals surface area contributed by atoms with Gasteiger partial charge >= 0.3 is 0 Å². The molecule has 0 aromatic heterocycles. The van der Waals surface area contributed by atoms with Crippen LogP contribution >= 0.6 is 0 Å². The lowest BCUT2D eigenvalue weighted by Gasteiger charge is -2.56. The molecule has 6 heteroatoms. The summed E-state index contributed by atoms with van der Waals surface area (Å²) in [6.45, 7) is 12.5. The van der Waals surface area contributed by atoms with E-state index in [0.717, 1.165) is 57.2 Å². The number of unbranched alkanes of at least 4 members (excludes halogenated alkanes) is 1. The van der Waals surface area contributed by atoms with Gasteiger partial charge in [0.2, 0.25) is 5.91 Å². The smallest absolute Gasteiger partial charge is 0.225 e. The van der Waals surface area contributed by atoms with Gasteiger partial charge in [-0.3, -0.25) is 9.69 Å². The number of aromatic hydroxyl groups is 2. The monoisotopic (exact) mass is 472 g/mol. The number of hydrogen-bond acceptors (Lipinski definition) is 5. The summed E-state index contributed by atoms with van der Waals surface area (Å²) in [7, 11) is 0. The minimum Gasteiger partial charge on any atom is -0.504 e. The molecule has 1 aromatic carbocycles. The molecule has 6 nitrogen and oxygen atoms in total. The van der Waals surface area contributed by atoms with Gasteiger partial charge in [0.05, 0.1) is 5.60 Å². The van der Waals surface area contributed by atoms with E-state index in [1.54, 1.807) is 6.07 Å². The molecule has 5 unspecified atom stereocenters. The molecule has 0 spiro atoms. The maximum absolute atomic E-state index is 13.2. The molecule has 1 heterocycles. The van der Waals surface area contributed by atoms with Gasteiger partial charge in [0.15, 0.2) is 11.5 Å². The van der Waals surface area contributed by atoms with Crippen LogP contribution in [0.2, 0.25) is 0 Å². The summed E-state index contributed by atoms with van der Waals surface area (Å²) in [5.74, 6) is 0.141. The third-order valence-electron chi connectivity index (χ3n) is 8.27. The van der Waals surface area contributed by atoms with Crippen LogP contribution in [0.1, 0.15) is 71.3 Å². The molecule has 34 heavy (non-hydrogen) atoms. The second-order valence-corrected chi connectivity index (χ2v) is 10.4. The van der Waals surface area contributed by atoms with Crippen molar-refractivity contribution in [1.29, 1.82) is 0 Å². The molecule has 2 fully saturated rings. The number of nitrogens with zero attached hydrogens (tertiary/aromatic N) is 2. The Morgan fingerprint density at radius 1 is 1.29 bits per heavy atom. The molecule has 3 N–H and O–H groups in total. The van der Waals surface area contributed by atoms with Crippen molar-refractivity contribution in [2.45, 2.75) is 89.8 Å². The number of carbonyl (C=O) groups is 1. The van der Waals surface area contributed by atoms with Crippen molar-refractivity contribution >= 4 is 5.91 Å². The third-order valence-corrected chi connectivity index (χ3v) is 8.27. The zero-order valence-electron chi connectivity index (χ0n) is 21.2. The van der Waals surface area contributed by atoms with Gasteiger partial charge in [-0.1, -0.05) is 39.3 Å². The molecule has 1 amide bonds. The Labute approximate surface area is 205 Å². The lowest BCUT2D eigenvalue weighted by atomic mass is 9.64. The number of piperidine rings is 1. The number of phenolic OH excluding ortho intramolecular Hbond substituents is 2. The number of likely N-dealkylation sites (tertiary alicyclic amines) is 1. The minimum atomic E-state index is -0.860. The Kier molecular flexibility index (Phi) is 9.05. The number of fused-ring (bicyclic) bond motifs is 1. The summed E-state index contributed by atoms with van der Waals surface area (Å²) in [5, 5.41) is 31.8. The van der Waals surface area contributed by atoms with E-state index in [-0.39, 0.29) is 41.3 Å². The average Bonchev–Trinajstić information content (AvgIpc) is 2.83. The third kappa shape index (κ3) is 5.60. The number of aliphatic hydroxyl groups is 1. The maximum atomic E-state index is 13.2. The molecule has 1 saturated heterocycles. The fourth-order valence-corrected chi connectivity index (χ4v) is 6.00. The molecule has 1 aliphatic carbocycles. The van der Waals surface area contributed by atoms with Crippen molar-refractivity contribution in [3.05, 3.63) is 36.4 Å². The first-order valence-electron chi connectivity index (χ1n) is 13.1. The fraction of sp³-hybridized carbons (Fsp3) is 0.679. The van der Waals surface area contributed by atoms with Crippen LogP contribution in [0.3, 0.4) is 0 Å². The van der Waals surface area contributed by atoms with Crippen LogP contribution in [0, 0.1) is 11.8 Å². The largest absolute Gasteiger partial charge is 0.504 e. The van der Waals surface area contributed by atoms with Crippen molar-refractivity contribution < 1.29 is 20.1 Å². The minimum absolute atomic E-state index is 0.0297. The lowest BCUT2D eigenvalue weighted by molar-refractivity contribution is -0.158. The topological polar surface area (TPSA) is 84.2 Å². The predicted molar refractivity (Wildman–Crippen MR) is 136 cm³/mol. The zero-order valence-corrected chi connectivity index (χ0v) is 21.2. The van der Waals surface area contributed by atoms with Gasteiger partial charge in [-0.25, -0.2) is 0 Å². The first-order chi connectivity index (χ1) is 16.2. The molecule has 2 aliphatic rings. The number of amides is 1. The average molecular weight is 473 g/mol. The highest BCUT2D eigenvalue weighted by Gasteiger charge is 2.52. The Morgan fingerprint density at radius 2 is 2.06 bits per heavy atom. The first kappa shape index (κ1) is 26.6. The number of hydrogen-bond donors (Lipinski definition) is 3. The van der Waals surface area contributed by atoms with E-state index >= 15 is 0 Å². The number of rotatable bonds is 10. The van der Waals surface area contributed by atoms with Crippen LogP contribution in [0.5, 0.6) is 11.5 Å². The van der Waals surface area contributed by atoms with Gasteiger partial charge in [0.25, 0.3) is 0 Å². The van der Waals surface area contributed by atoms with Crippen molar-refractivity contribution in [2.24, 2.45) is 11.8 Å². The number of phenols is 2. The van der Waals surface area contributed by atoms with Crippen LogP contribution in [-0.4, -0.2) is 68.3 Å². The van der Waals surface area contributed by atoms with Gasteiger partial charge in [-0.05, 0) is 75.1 Å². The number of carbonyl (C=O) groups excluding carboxylic acids is 1. The molecular weight excluding hydrogens is 428 g/mol. The molecule has 0 radical (unpaired) electrons. The van der Waals surface area contributed by atoms with Crippen molar-refractivity contribution in [3.8, 4) is 11.5 Å². The molecule has 0 bridgehead atoms. The Morgan fingerprint density at radius 3 is 2.71 bits per heavy atom. The normalized spacial score (nSPS) is 28.2. The lowest BCUT2D eigenvalue weighted by Crippen LogP contribution is -2.65. The van der Waals surface area contributed by atoms with E-state index in [0.29, 0.717) is 19.4 Å². The summed E-state index contributed by atoms with van der Waals surface area (Å²) < 4.78 is 0. The summed E-state index contributed by atoms with van der Waals surface area (Å²) >= 11 is 0. The van der Waals surface area contributed by atoms with Crippen molar-refractivity contribution in [3.63, 3.8) is 0 Å². The second kappa shape index (κ2) is 11.6. The maximum Gasteiger partial charge on any atom is 0.225 e. The van der Waals surface area contributed by atoms with E-state index in [1.807, 2.05) is 19.1 Å². The van der Waals surface area contributed by atoms with E-state index < -0.39 is 5.60 Å². The van der Waals surface area contributed by atoms with Gasteiger partial charge in [0, 0.05) is 31.1 Å².